The number of rotatable bonds is 4. The first-order valence-corrected chi connectivity index (χ1v) is 10.7. The Kier molecular flexibility index (Phi) is 4.14. The normalized spacial score (nSPS) is 19.4. The van der Waals surface area contributed by atoms with Crippen molar-refractivity contribution in [3.63, 3.8) is 0 Å². The summed E-state index contributed by atoms with van der Waals surface area (Å²) in [5.74, 6) is 1.55. The molecule has 1 saturated carbocycles. The van der Waals surface area contributed by atoms with Crippen molar-refractivity contribution in [2.45, 2.75) is 51.2 Å². The molecule has 1 aliphatic heterocycles. The van der Waals surface area contributed by atoms with Gasteiger partial charge in [0.15, 0.2) is 17.6 Å². The number of benzene rings is 1. The summed E-state index contributed by atoms with van der Waals surface area (Å²) in [6, 6.07) is 5.20. The lowest BCUT2D eigenvalue weighted by molar-refractivity contribution is -0.0368. The Bertz CT molecular complexity index is 1300. The van der Waals surface area contributed by atoms with Crippen LogP contribution in [-0.2, 0) is 4.74 Å². The van der Waals surface area contributed by atoms with E-state index < -0.39 is 0 Å². The number of fused-ring (bicyclic) bond motifs is 2. The highest BCUT2D eigenvalue weighted by Crippen LogP contribution is 2.42. The van der Waals surface area contributed by atoms with Crippen LogP contribution in [0.15, 0.2) is 22.6 Å². The Morgan fingerprint density at radius 3 is 2.81 bits per heavy atom. The molecule has 31 heavy (non-hydrogen) atoms. The van der Waals surface area contributed by atoms with Crippen molar-refractivity contribution < 1.29 is 13.5 Å². The number of aryl methyl sites for hydroxylation is 1. The summed E-state index contributed by atoms with van der Waals surface area (Å²) in [6.45, 7) is 2.50. The summed E-state index contributed by atoms with van der Waals surface area (Å²) >= 11 is 0. The second-order valence-electron chi connectivity index (χ2n) is 8.40. The Morgan fingerprint density at radius 1 is 1.16 bits per heavy atom. The van der Waals surface area contributed by atoms with Gasteiger partial charge in [0, 0.05) is 24.3 Å². The molecular formula is C22H23FN6O2. The first-order chi connectivity index (χ1) is 15.1. The number of halogens is 1. The van der Waals surface area contributed by atoms with Crippen LogP contribution in [0.3, 0.4) is 0 Å². The Labute approximate surface area is 177 Å². The SMILES string of the molecule is Cc1nn(C2CCCCO2)c2cc(Nc3nc(N)c4oc(C5CC5)cc4n3)cc(F)c12. The zero-order valence-corrected chi connectivity index (χ0v) is 17.2. The number of nitrogens with two attached hydrogens (primary N) is 1. The monoisotopic (exact) mass is 422 g/mol. The number of hydrogen-bond donors (Lipinski definition) is 2. The van der Waals surface area contributed by atoms with E-state index in [-0.39, 0.29) is 17.9 Å². The maximum Gasteiger partial charge on any atom is 0.229 e. The molecule has 6 rings (SSSR count). The van der Waals surface area contributed by atoms with E-state index in [0.29, 0.717) is 51.9 Å². The van der Waals surface area contributed by atoms with Crippen LogP contribution < -0.4 is 11.1 Å². The molecule has 1 aromatic carbocycles. The third-order valence-corrected chi connectivity index (χ3v) is 6.02. The summed E-state index contributed by atoms with van der Waals surface area (Å²) in [4.78, 5) is 8.83. The van der Waals surface area contributed by atoms with Crippen LogP contribution in [-0.4, -0.2) is 26.4 Å². The molecule has 2 aliphatic rings. The average molecular weight is 422 g/mol. The Balaban J connectivity index is 1.39. The van der Waals surface area contributed by atoms with Crippen LogP contribution in [0.1, 0.15) is 55.7 Å². The van der Waals surface area contributed by atoms with Gasteiger partial charge in [0.2, 0.25) is 5.95 Å². The predicted molar refractivity (Wildman–Crippen MR) is 115 cm³/mol. The Hall–Kier alpha value is -3.20. The second kappa shape index (κ2) is 6.91. The molecule has 0 spiro atoms. The van der Waals surface area contributed by atoms with Gasteiger partial charge in [-0.05, 0) is 51.2 Å². The van der Waals surface area contributed by atoms with E-state index >= 15 is 4.39 Å². The molecule has 160 valence electrons. The average Bonchev–Trinajstić information content (AvgIpc) is 3.42. The van der Waals surface area contributed by atoms with E-state index in [4.69, 9.17) is 14.9 Å². The van der Waals surface area contributed by atoms with Crippen LogP contribution in [0.2, 0.25) is 0 Å². The van der Waals surface area contributed by atoms with Gasteiger partial charge in [-0.25, -0.2) is 14.1 Å². The maximum atomic E-state index is 15.0. The molecule has 4 heterocycles. The predicted octanol–water partition coefficient (Wildman–Crippen LogP) is 4.92. The smallest absolute Gasteiger partial charge is 0.229 e. The molecule has 4 aromatic rings. The molecule has 3 aromatic heterocycles. The highest BCUT2D eigenvalue weighted by atomic mass is 19.1. The highest BCUT2D eigenvalue weighted by Gasteiger charge is 2.28. The summed E-state index contributed by atoms with van der Waals surface area (Å²) in [7, 11) is 0. The van der Waals surface area contributed by atoms with Crippen molar-refractivity contribution in [2.24, 2.45) is 0 Å². The van der Waals surface area contributed by atoms with Crippen molar-refractivity contribution in [1.29, 1.82) is 0 Å². The van der Waals surface area contributed by atoms with Gasteiger partial charge in [-0.1, -0.05) is 0 Å². The van der Waals surface area contributed by atoms with E-state index in [1.807, 2.05) is 19.1 Å². The minimum atomic E-state index is -0.354. The lowest BCUT2D eigenvalue weighted by Gasteiger charge is -2.23. The molecular weight excluding hydrogens is 399 g/mol. The molecule has 0 bridgehead atoms. The first kappa shape index (κ1) is 18.6. The van der Waals surface area contributed by atoms with Gasteiger partial charge in [0.25, 0.3) is 0 Å². The van der Waals surface area contributed by atoms with Gasteiger partial charge in [-0.3, -0.25) is 0 Å². The number of nitrogens with zero attached hydrogens (tertiary/aromatic N) is 4. The quantitative estimate of drug-likeness (QED) is 0.481. The molecule has 3 N–H and O–H groups in total. The largest absolute Gasteiger partial charge is 0.455 e. The van der Waals surface area contributed by atoms with E-state index in [0.717, 1.165) is 37.9 Å². The van der Waals surface area contributed by atoms with Crippen molar-refractivity contribution in [3.05, 3.63) is 35.5 Å². The van der Waals surface area contributed by atoms with Crippen molar-refractivity contribution in [3.8, 4) is 0 Å². The molecule has 2 fully saturated rings. The fraction of sp³-hybridized carbons (Fsp3) is 0.409. The minimum Gasteiger partial charge on any atom is -0.455 e. The van der Waals surface area contributed by atoms with Gasteiger partial charge < -0.3 is 20.2 Å². The van der Waals surface area contributed by atoms with Crippen molar-refractivity contribution in [1.82, 2.24) is 19.7 Å². The van der Waals surface area contributed by atoms with Gasteiger partial charge in [-0.15, -0.1) is 0 Å². The molecule has 9 heteroatoms. The van der Waals surface area contributed by atoms with E-state index in [9.17, 15) is 0 Å². The number of nitrogens with one attached hydrogen (secondary N) is 1. The zero-order chi connectivity index (χ0) is 21.1. The topological polar surface area (TPSA) is 104 Å². The standard InChI is InChI=1S/C22H23FN6O2/c1-11-19-14(23)8-13(9-16(19)29(28-11)18-4-2-3-7-30-18)25-22-26-15-10-17(12-5-6-12)31-20(15)21(24)27-22/h8-10,12,18H,2-7H2,1H3,(H3,24,25,26,27). The fourth-order valence-corrected chi connectivity index (χ4v) is 4.33. The van der Waals surface area contributed by atoms with E-state index in [1.54, 1.807) is 4.68 Å². The van der Waals surface area contributed by atoms with Crippen molar-refractivity contribution >= 4 is 39.5 Å². The first-order valence-electron chi connectivity index (χ1n) is 10.7. The third kappa shape index (κ3) is 3.20. The van der Waals surface area contributed by atoms with Crippen molar-refractivity contribution in [2.75, 3.05) is 17.7 Å². The molecule has 1 aliphatic carbocycles. The van der Waals surface area contributed by atoms with Gasteiger partial charge in [-0.2, -0.15) is 10.1 Å². The number of aromatic nitrogens is 4. The molecule has 1 unspecified atom stereocenters. The van der Waals surface area contributed by atoms with Crippen LogP contribution in [0.4, 0.5) is 21.8 Å². The number of hydrogen-bond acceptors (Lipinski definition) is 7. The van der Waals surface area contributed by atoms with Gasteiger partial charge in [0.05, 0.1) is 16.6 Å². The lowest BCUT2D eigenvalue weighted by Crippen LogP contribution is -2.19. The highest BCUT2D eigenvalue weighted by molar-refractivity contribution is 5.88. The molecule has 0 amide bonds. The number of furan rings is 1. The summed E-state index contributed by atoms with van der Waals surface area (Å²) in [5.41, 5.74) is 9.09. The lowest BCUT2D eigenvalue weighted by atomic mass is 10.1. The molecule has 1 atom stereocenters. The summed E-state index contributed by atoms with van der Waals surface area (Å²) in [5, 5.41) is 8.16. The van der Waals surface area contributed by atoms with Crippen LogP contribution in [0.5, 0.6) is 0 Å². The zero-order valence-electron chi connectivity index (χ0n) is 17.2. The number of anilines is 3. The summed E-state index contributed by atoms with van der Waals surface area (Å²) < 4.78 is 28.5. The molecule has 0 radical (unpaired) electrons. The van der Waals surface area contributed by atoms with Crippen LogP contribution >= 0.6 is 0 Å². The third-order valence-electron chi connectivity index (χ3n) is 6.02. The Morgan fingerprint density at radius 2 is 2.03 bits per heavy atom. The fourth-order valence-electron chi connectivity index (χ4n) is 4.33. The number of ether oxygens (including phenoxy) is 1. The second-order valence-corrected chi connectivity index (χ2v) is 8.40. The maximum absolute atomic E-state index is 15.0. The van der Waals surface area contributed by atoms with Gasteiger partial charge in [0.1, 0.15) is 17.1 Å². The van der Waals surface area contributed by atoms with Crippen LogP contribution in [0, 0.1) is 12.7 Å². The minimum absolute atomic E-state index is 0.186. The van der Waals surface area contributed by atoms with E-state index in [1.165, 1.54) is 6.07 Å². The molecule has 1 saturated heterocycles. The molecule has 8 nitrogen and oxygen atoms in total. The van der Waals surface area contributed by atoms with Crippen LogP contribution in [0.25, 0.3) is 22.0 Å². The summed E-state index contributed by atoms with van der Waals surface area (Å²) in [6.07, 6.45) is 5.01. The van der Waals surface area contributed by atoms with E-state index in [2.05, 4.69) is 20.4 Å². The number of nitrogen functional groups attached to an aromatic ring is 1. The van der Waals surface area contributed by atoms with Gasteiger partial charge >= 0.3 is 0 Å².